The number of hydrogen-bond acceptors (Lipinski definition) is 11. The predicted octanol–water partition coefficient (Wildman–Crippen LogP) is 10.9. The Labute approximate surface area is 387 Å². The Bertz CT molecular complexity index is 1410. The molecule has 1 fully saturated rings. The van der Waals surface area contributed by atoms with Crippen LogP contribution in [0.3, 0.4) is 0 Å². The van der Waals surface area contributed by atoms with Crippen molar-refractivity contribution in [2.45, 2.75) is 230 Å². The van der Waals surface area contributed by atoms with Crippen LogP contribution in [0.1, 0.15) is 194 Å². The van der Waals surface area contributed by atoms with Gasteiger partial charge in [-0.15, -0.1) is 0 Å². The van der Waals surface area contributed by atoms with Crippen LogP contribution in [0.2, 0.25) is 0 Å². The summed E-state index contributed by atoms with van der Waals surface area (Å²) in [5, 5.41) is 30.9. The Morgan fingerprint density at radius 1 is 0.562 bits per heavy atom. The third kappa shape index (κ3) is 34.7. The number of unbranched alkanes of at least 4 members (excludes halogenated alkanes) is 21. The highest BCUT2D eigenvalue weighted by molar-refractivity contribution is 7.85. The van der Waals surface area contributed by atoms with E-state index in [1.54, 1.807) is 0 Å². The largest absolute Gasteiger partial charge is 0.462 e. The lowest BCUT2D eigenvalue weighted by Crippen LogP contribution is -2.60. The van der Waals surface area contributed by atoms with E-state index in [2.05, 4.69) is 50.3 Å². The molecule has 3 unspecified atom stereocenters. The maximum Gasteiger partial charge on any atom is 0.306 e. The fourth-order valence-corrected chi connectivity index (χ4v) is 7.99. The van der Waals surface area contributed by atoms with Crippen LogP contribution in [0.25, 0.3) is 0 Å². The van der Waals surface area contributed by atoms with Gasteiger partial charge in [0, 0.05) is 12.8 Å². The highest BCUT2D eigenvalue weighted by Crippen LogP contribution is 2.24. The van der Waals surface area contributed by atoms with E-state index in [4.69, 9.17) is 18.9 Å². The van der Waals surface area contributed by atoms with E-state index in [0.29, 0.717) is 12.8 Å². The molecule has 0 bridgehead atoms. The van der Waals surface area contributed by atoms with E-state index in [9.17, 15) is 37.9 Å². The zero-order valence-corrected chi connectivity index (χ0v) is 40.4. The minimum atomic E-state index is -4.61. The summed E-state index contributed by atoms with van der Waals surface area (Å²) < 4.78 is 54.1. The molecule has 0 aromatic carbocycles. The molecule has 0 aromatic heterocycles. The minimum absolute atomic E-state index is 0.137. The average molecular weight is 925 g/mol. The van der Waals surface area contributed by atoms with Crippen molar-refractivity contribution < 1.29 is 56.8 Å². The Kier molecular flexibility index (Phi) is 37.7. The van der Waals surface area contributed by atoms with Crippen LogP contribution in [0.15, 0.2) is 60.8 Å². The predicted molar refractivity (Wildman–Crippen MR) is 256 cm³/mol. The van der Waals surface area contributed by atoms with Crippen LogP contribution in [0.4, 0.5) is 0 Å². The van der Waals surface area contributed by atoms with Gasteiger partial charge in [0.05, 0.1) is 6.61 Å². The number of allylic oxidation sites excluding steroid dienone is 10. The molecule has 1 heterocycles. The quantitative estimate of drug-likeness (QED) is 0.0150. The zero-order valence-electron chi connectivity index (χ0n) is 39.6. The first-order valence-electron chi connectivity index (χ1n) is 24.9. The Morgan fingerprint density at radius 3 is 1.58 bits per heavy atom. The molecule has 1 aliphatic heterocycles. The maximum absolute atomic E-state index is 12.8. The van der Waals surface area contributed by atoms with Crippen LogP contribution in [-0.4, -0.2) is 96.0 Å². The summed E-state index contributed by atoms with van der Waals surface area (Å²) in [4.78, 5) is 25.5. The molecule has 6 atom stereocenters. The lowest BCUT2D eigenvalue weighted by Gasteiger charge is -2.40. The molecule has 1 saturated heterocycles. The zero-order chi connectivity index (χ0) is 46.9. The molecule has 0 saturated carbocycles. The van der Waals surface area contributed by atoms with Gasteiger partial charge in [-0.3, -0.25) is 14.1 Å². The van der Waals surface area contributed by atoms with E-state index in [-0.39, 0.29) is 19.4 Å². The summed E-state index contributed by atoms with van der Waals surface area (Å²) in [6.07, 6.45) is 41.3. The number of aliphatic hydroxyl groups is 3. The summed E-state index contributed by atoms with van der Waals surface area (Å²) in [5.74, 6) is -2.02. The van der Waals surface area contributed by atoms with Gasteiger partial charge in [-0.2, -0.15) is 8.42 Å². The van der Waals surface area contributed by atoms with Crippen LogP contribution >= 0.6 is 0 Å². The van der Waals surface area contributed by atoms with Crippen molar-refractivity contribution in [3.8, 4) is 0 Å². The molecule has 1 rings (SSSR count). The van der Waals surface area contributed by atoms with E-state index in [1.165, 1.54) is 77.0 Å². The summed E-state index contributed by atoms with van der Waals surface area (Å²) in [5.41, 5.74) is 0. The number of rotatable bonds is 41. The average Bonchev–Trinajstić information content (AvgIpc) is 3.26. The number of aliphatic hydroxyl groups excluding tert-OH is 3. The Balaban J connectivity index is 2.37. The molecule has 13 heteroatoms. The van der Waals surface area contributed by atoms with Crippen molar-refractivity contribution in [2.75, 3.05) is 19.0 Å². The van der Waals surface area contributed by atoms with Gasteiger partial charge >= 0.3 is 11.9 Å². The first-order chi connectivity index (χ1) is 31.0. The molecule has 370 valence electrons. The molecular formula is C51H88O12S. The standard InChI is InChI=1S/C51H88O12S/c1-3-5-7-9-11-13-15-17-18-19-20-21-22-23-24-25-26-28-29-31-33-35-37-39-46(52)60-41-44(42-61-51-50(56)49(55)48(54)45(63-51)43-64(57,58)59)62-47(53)40-38-36-34-32-30-27-16-14-12-10-8-6-4-2/h6,8,10,12,14,16,20-21,23-24,44-45,48-51,54-56H,3-5,7,9,11,13,15,17-19,22,25-43H2,1-2H3,(H,57,58,59)/b8-6+,12-10+,16-14+,21-20+,24-23+/t44?,45-,48-,49?,50?,51+/m1/s1. The third-order valence-corrected chi connectivity index (χ3v) is 11.9. The van der Waals surface area contributed by atoms with E-state index < -0.39 is 71.2 Å². The molecule has 0 amide bonds. The second-order valence-corrected chi connectivity index (χ2v) is 18.7. The van der Waals surface area contributed by atoms with Gasteiger partial charge in [0.1, 0.15) is 36.8 Å². The van der Waals surface area contributed by atoms with Crippen molar-refractivity contribution in [2.24, 2.45) is 0 Å². The molecular weight excluding hydrogens is 837 g/mol. The molecule has 4 N–H and O–H groups in total. The first-order valence-corrected chi connectivity index (χ1v) is 26.5. The van der Waals surface area contributed by atoms with Gasteiger partial charge in [0.2, 0.25) is 0 Å². The van der Waals surface area contributed by atoms with Crippen molar-refractivity contribution in [1.29, 1.82) is 0 Å². The summed E-state index contributed by atoms with van der Waals surface area (Å²) in [7, 11) is -4.61. The van der Waals surface area contributed by atoms with Gasteiger partial charge in [-0.1, -0.05) is 177 Å². The number of hydrogen-bond donors (Lipinski definition) is 4. The van der Waals surface area contributed by atoms with Crippen molar-refractivity contribution in [1.82, 2.24) is 0 Å². The van der Waals surface area contributed by atoms with E-state index >= 15 is 0 Å². The second kappa shape index (κ2) is 40.6. The second-order valence-electron chi connectivity index (χ2n) is 17.2. The molecule has 64 heavy (non-hydrogen) atoms. The van der Waals surface area contributed by atoms with Gasteiger partial charge in [0.25, 0.3) is 10.1 Å². The molecule has 0 spiro atoms. The maximum atomic E-state index is 12.8. The minimum Gasteiger partial charge on any atom is -0.462 e. The van der Waals surface area contributed by atoms with E-state index in [0.717, 1.165) is 77.0 Å². The SMILES string of the molecule is CC/C=C/C=C/C=C/CCCCCCCC(=O)OC(COC(=O)CCCCCCCCC/C=C/C/C=C/CCCCCCCCCCC)CO[C@H]1O[C@H](CS(=O)(=O)O)[C@@H](O)C(O)C1O. The Morgan fingerprint density at radius 2 is 1.05 bits per heavy atom. The van der Waals surface area contributed by atoms with Crippen molar-refractivity contribution in [3.63, 3.8) is 0 Å². The lowest BCUT2D eigenvalue weighted by atomic mass is 10.00. The number of carbonyl (C=O) groups is 2. The fraction of sp³-hybridized carbons (Fsp3) is 0.765. The summed E-state index contributed by atoms with van der Waals surface area (Å²) in [6, 6.07) is 0. The molecule has 12 nitrogen and oxygen atoms in total. The summed E-state index contributed by atoms with van der Waals surface area (Å²) in [6.45, 7) is 3.61. The van der Waals surface area contributed by atoms with Gasteiger partial charge in [-0.25, -0.2) is 0 Å². The van der Waals surface area contributed by atoms with Crippen LogP contribution in [0.5, 0.6) is 0 Å². The highest BCUT2D eigenvalue weighted by atomic mass is 32.2. The van der Waals surface area contributed by atoms with Crippen molar-refractivity contribution >= 4 is 22.1 Å². The van der Waals surface area contributed by atoms with Crippen molar-refractivity contribution in [3.05, 3.63) is 60.8 Å². The first kappa shape index (κ1) is 59.4. The number of esters is 2. The number of ether oxygens (including phenoxy) is 4. The van der Waals surface area contributed by atoms with Crippen LogP contribution in [-0.2, 0) is 38.7 Å². The van der Waals surface area contributed by atoms with Gasteiger partial charge in [0.15, 0.2) is 12.4 Å². The number of carbonyl (C=O) groups excluding carboxylic acids is 2. The van der Waals surface area contributed by atoms with E-state index in [1.807, 2.05) is 24.3 Å². The monoisotopic (exact) mass is 925 g/mol. The van der Waals surface area contributed by atoms with Crippen LogP contribution < -0.4 is 0 Å². The lowest BCUT2D eigenvalue weighted by molar-refractivity contribution is -0.297. The topological polar surface area (TPSA) is 186 Å². The van der Waals surface area contributed by atoms with Gasteiger partial charge in [-0.05, 0) is 64.2 Å². The highest BCUT2D eigenvalue weighted by Gasteiger charge is 2.46. The van der Waals surface area contributed by atoms with Crippen LogP contribution in [0, 0.1) is 0 Å². The Hall–Kier alpha value is -2.65. The third-order valence-electron chi connectivity index (χ3n) is 11.1. The molecule has 1 aliphatic rings. The smallest absolute Gasteiger partial charge is 0.306 e. The summed E-state index contributed by atoms with van der Waals surface area (Å²) >= 11 is 0. The molecule has 0 aliphatic carbocycles. The molecule has 0 aromatic rings. The fourth-order valence-electron chi connectivity index (χ4n) is 7.30. The molecule has 0 radical (unpaired) electrons. The van der Waals surface area contributed by atoms with Gasteiger partial charge < -0.3 is 34.3 Å². The normalized spacial score (nSPS) is 20.1.